The molecule has 1 amide bonds. The van der Waals surface area contributed by atoms with Crippen LogP contribution in [0.1, 0.15) is 32.6 Å². The highest BCUT2D eigenvalue weighted by Gasteiger charge is 2.31. The molecule has 1 saturated carbocycles. The lowest BCUT2D eigenvalue weighted by Gasteiger charge is -2.27. The van der Waals surface area contributed by atoms with Gasteiger partial charge in [-0.2, -0.15) is 13.2 Å². The first-order chi connectivity index (χ1) is 9.31. The van der Waals surface area contributed by atoms with Crippen LogP contribution >= 0.6 is 0 Å². The fraction of sp³-hybridized carbons (Fsp3) is 0.833. The number of ether oxygens (including phenoxy) is 2. The number of esters is 1. The summed E-state index contributed by atoms with van der Waals surface area (Å²) in [5.74, 6) is -0.454. The maximum atomic E-state index is 11.9. The Kier molecular flexibility index (Phi) is 6.09. The highest BCUT2D eigenvalue weighted by Crippen LogP contribution is 2.25. The van der Waals surface area contributed by atoms with Gasteiger partial charge in [-0.05, 0) is 32.6 Å². The molecule has 0 radical (unpaired) electrons. The van der Waals surface area contributed by atoms with Gasteiger partial charge in [0.05, 0.1) is 12.5 Å². The van der Waals surface area contributed by atoms with E-state index in [2.05, 4.69) is 10.1 Å². The fourth-order valence-electron chi connectivity index (χ4n) is 2.09. The van der Waals surface area contributed by atoms with E-state index >= 15 is 0 Å². The van der Waals surface area contributed by atoms with Crippen LogP contribution in [0.3, 0.4) is 0 Å². The number of hydrogen-bond acceptors (Lipinski definition) is 4. The van der Waals surface area contributed by atoms with Gasteiger partial charge in [0.25, 0.3) is 0 Å². The normalized spacial score (nSPS) is 23.0. The van der Waals surface area contributed by atoms with Crippen LogP contribution in [-0.2, 0) is 14.3 Å². The number of halogens is 3. The zero-order chi connectivity index (χ0) is 15.2. The Bertz CT molecular complexity index is 338. The van der Waals surface area contributed by atoms with Crippen LogP contribution in [0.15, 0.2) is 0 Å². The Morgan fingerprint density at radius 2 is 1.75 bits per heavy atom. The van der Waals surface area contributed by atoms with Gasteiger partial charge < -0.3 is 14.8 Å². The maximum absolute atomic E-state index is 11.9. The van der Waals surface area contributed by atoms with Crippen molar-refractivity contribution >= 4 is 12.1 Å². The van der Waals surface area contributed by atoms with E-state index in [9.17, 15) is 22.8 Å². The monoisotopic (exact) mass is 297 g/mol. The number of carbonyl (C=O) groups excluding carboxylic acids is 2. The Balaban J connectivity index is 2.25. The van der Waals surface area contributed by atoms with Crippen molar-refractivity contribution in [1.82, 2.24) is 5.32 Å². The van der Waals surface area contributed by atoms with Crippen LogP contribution in [0.2, 0.25) is 0 Å². The first kappa shape index (κ1) is 16.6. The van der Waals surface area contributed by atoms with Crippen molar-refractivity contribution in [2.24, 2.45) is 5.92 Å². The summed E-state index contributed by atoms with van der Waals surface area (Å²) < 4.78 is 44.5. The van der Waals surface area contributed by atoms with E-state index in [1.54, 1.807) is 6.92 Å². The lowest BCUT2D eigenvalue weighted by atomic mass is 9.86. The number of alkyl carbamates (subject to hydrolysis) is 1. The van der Waals surface area contributed by atoms with Crippen molar-refractivity contribution in [3.05, 3.63) is 0 Å². The van der Waals surface area contributed by atoms with Crippen LogP contribution < -0.4 is 5.32 Å². The van der Waals surface area contributed by atoms with Gasteiger partial charge in [-0.25, -0.2) is 4.79 Å². The predicted molar refractivity (Wildman–Crippen MR) is 62.9 cm³/mol. The summed E-state index contributed by atoms with van der Waals surface area (Å²) in [5, 5.41) is 2.37. The molecule has 0 aliphatic heterocycles. The Morgan fingerprint density at radius 1 is 1.15 bits per heavy atom. The molecule has 8 heteroatoms. The summed E-state index contributed by atoms with van der Waals surface area (Å²) in [6.07, 6.45) is -3.48. The molecule has 0 bridgehead atoms. The molecule has 5 nitrogen and oxygen atoms in total. The van der Waals surface area contributed by atoms with Gasteiger partial charge in [0.2, 0.25) is 0 Å². The van der Waals surface area contributed by atoms with Crippen LogP contribution in [0.4, 0.5) is 18.0 Å². The molecule has 0 aromatic carbocycles. The highest BCUT2D eigenvalue weighted by atomic mass is 19.4. The Labute approximate surface area is 114 Å². The average molecular weight is 297 g/mol. The fourth-order valence-corrected chi connectivity index (χ4v) is 2.09. The van der Waals surface area contributed by atoms with Gasteiger partial charge in [0.1, 0.15) is 0 Å². The summed E-state index contributed by atoms with van der Waals surface area (Å²) in [6, 6.07) is -0.263. The van der Waals surface area contributed by atoms with E-state index in [4.69, 9.17) is 4.74 Å². The molecule has 1 aliphatic carbocycles. The lowest BCUT2D eigenvalue weighted by Crippen LogP contribution is -2.40. The minimum absolute atomic E-state index is 0.195. The Hall–Kier alpha value is -1.47. The van der Waals surface area contributed by atoms with E-state index in [0.29, 0.717) is 32.3 Å². The number of rotatable bonds is 4. The molecule has 20 heavy (non-hydrogen) atoms. The van der Waals surface area contributed by atoms with Crippen molar-refractivity contribution in [1.29, 1.82) is 0 Å². The minimum Gasteiger partial charge on any atom is -0.466 e. The van der Waals surface area contributed by atoms with Gasteiger partial charge >= 0.3 is 18.2 Å². The number of alkyl halides is 3. The molecule has 0 unspecified atom stereocenters. The van der Waals surface area contributed by atoms with Gasteiger partial charge in [-0.3, -0.25) is 4.79 Å². The third kappa shape index (κ3) is 6.12. The predicted octanol–water partition coefficient (Wildman–Crippen LogP) is 2.40. The van der Waals surface area contributed by atoms with Gasteiger partial charge in [0.15, 0.2) is 6.61 Å². The molecule has 0 heterocycles. The van der Waals surface area contributed by atoms with Crippen molar-refractivity contribution < 1.29 is 32.2 Å². The largest absolute Gasteiger partial charge is 0.466 e. The maximum Gasteiger partial charge on any atom is 0.422 e. The quantitative estimate of drug-likeness (QED) is 0.809. The lowest BCUT2D eigenvalue weighted by molar-refractivity contribution is -0.160. The molecular weight excluding hydrogens is 279 g/mol. The van der Waals surface area contributed by atoms with E-state index < -0.39 is 18.9 Å². The summed E-state index contributed by atoms with van der Waals surface area (Å²) in [5.41, 5.74) is 0. The minimum atomic E-state index is -4.53. The molecule has 1 N–H and O–H groups in total. The van der Waals surface area contributed by atoms with Crippen LogP contribution in [0, 0.1) is 5.92 Å². The number of nitrogens with one attached hydrogen (secondary N) is 1. The zero-order valence-electron chi connectivity index (χ0n) is 11.2. The molecule has 0 spiro atoms. The SMILES string of the molecule is CCOC(=O)C1CCC(NC(=O)OCC(F)(F)F)CC1. The zero-order valence-corrected chi connectivity index (χ0v) is 11.2. The first-order valence-corrected chi connectivity index (χ1v) is 6.48. The second-order valence-corrected chi connectivity index (χ2v) is 4.64. The summed E-state index contributed by atoms with van der Waals surface area (Å²) >= 11 is 0. The highest BCUT2D eigenvalue weighted by molar-refractivity contribution is 5.72. The topological polar surface area (TPSA) is 64.6 Å². The molecule has 1 fully saturated rings. The first-order valence-electron chi connectivity index (χ1n) is 6.48. The van der Waals surface area contributed by atoms with E-state index in [0.717, 1.165) is 0 Å². The summed E-state index contributed by atoms with van der Waals surface area (Å²) in [6.45, 7) is 0.444. The van der Waals surface area contributed by atoms with Crippen molar-refractivity contribution in [3.63, 3.8) is 0 Å². The number of amides is 1. The number of carbonyl (C=O) groups is 2. The molecule has 0 aromatic rings. The molecule has 1 rings (SSSR count). The van der Waals surface area contributed by atoms with Crippen molar-refractivity contribution in [3.8, 4) is 0 Å². The smallest absolute Gasteiger partial charge is 0.422 e. The van der Waals surface area contributed by atoms with Crippen LogP contribution in [0.25, 0.3) is 0 Å². The average Bonchev–Trinajstić information content (AvgIpc) is 2.37. The van der Waals surface area contributed by atoms with Gasteiger partial charge in [-0.1, -0.05) is 0 Å². The second-order valence-electron chi connectivity index (χ2n) is 4.64. The third-order valence-electron chi connectivity index (χ3n) is 3.04. The van der Waals surface area contributed by atoms with E-state index in [-0.39, 0.29) is 17.9 Å². The molecular formula is C12H18F3NO4. The number of hydrogen-bond donors (Lipinski definition) is 1. The van der Waals surface area contributed by atoms with Gasteiger partial charge in [-0.15, -0.1) is 0 Å². The Morgan fingerprint density at radius 3 is 2.25 bits per heavy atom. The summed E-state index contributed by atoms with van der Waals surface area (Å²) in [4.78, 5) is 22.6. The molecule has 116 valence electrons. The van der Waals surface area contributed by atoms with Crippen LogP contribution in [-0.4, -0.2) is 37.5 Å². The third-order valence-corrected chi connectivity index (χ3v) is 3.04. The molecule has 0 atom stereocenters. The standard InChI is InChI=1S/C12H18F3NO4/c1-2-19-10(17)8-3-5-9(6-4-8)16-11(18)20-7-12(13,14)15/h8-9H,2-7H2,1H3,(H,16,18). The molecule has 0 saturated heterocycles. The van der Waals surface area contributed by atoms with Gasteiger partial charge in [0, 0.05) is 6.04 Å². The second kappa shape index (κ2) is 7.35. The molecule has 0 aromatic heterocycles. The van der Waals surface area contributed by atoms with E-state index in [1.807, 2.05) is 0 Å². The molecule has 1 aliphatic rings. The van der Waals surface area contributed by atoms with E-state index in [1.165, 1.54) is 0 Å². The van der Waals surface area contributed by atoms with Crippen molar-refractivity contribution in [2.75, 3.05) is 13.2 Å². The summed E-state index contributed by atoms with van der Waals surface area (Å²) in [7, 11) is 0. The van der Waals surface area contributed by atoms with Crippen LogP contribution in [0.5, 0.6) is 0 Å². The van der Waals surface area contributed by atoms with Crippen molar-refractivity contribution in [2.45, 2.75) is 44.8 Å².